The Balaban J connectivity index is 2.81. The number of ether oxygens (including phenoxy) is 3. The number of esters is 1. The summed E-state index contributed by atoms with van der Waals surface area (Å²) in [6.07, 6.45) is 48.8. The number of carbonyl (C=O) groups is 2. The van der Waals surface area contributed by atoms with Crippen LogP contribution in [-0.4, -0.2) is 99.6 Å². The van der Waals surface area contributed by atoms with Crippen molar-refractivity contribution in [2.75, 3.05) is 13.2 Å². The molecule has 1 fully saturated rings. The molecule has 1 aliphatic rings. The summed E-state index contributed by atoms with van der Waals surface area (Å²) in [5.41, 5.74) is 0. The van der Waals surface area contributed by atoms with Crippen LogP contribution in [-0.2, 0) is 23.8 Å². The Morgan fingerprint density at radius 3 is 1.72 bits per heavy atom. The molecule has 0 radical (unpaired) electrons. The van der Waals surface area contributed by atoms with Crippen LogP contribution >= 0.6 is 0 Å². The minimum Gasteiger partial charge on any atom is -0.454 e. The summed E-state index contributed by atoms with van der Waals surface area (Å²) in [6.45, 7) is 5.47. The third kappa shape index (κ3) is 34.5. The minimum atomic E-state index is -1.63. The van der Waals surface area contributed by atoms with Crippen molar-refractivity contribution in [1.29, 1.82) is 0 Å². The summed E-state index contributed by atoms with van der Waals surface area (Å²) in [5.74, 6) is -1.26. The Kier molecular flexibility index (Phi) is 42.1. The van der Waals surface area contributed by atoms with E-state index in [1.807, 2.05) is 60.8 Å². The first-order valence-electron chi connectivity index (χ1n) is 27.1. The average molecular weight is 968 g/mol. The first kappa shape index (κ1) is 63.6. The SMILES string of the molecule is CC/C=C/C=C/C=C\C=C/C=C/CCCCC(O)C(=O)NC(COC1OC(CO)C(O)C(O)C1OC(=O)CCCCCCCCC/C=C/C/C=C/CC)C(O)/C=C/CCCCCCCCCCCC. The normalized spacial score (nSPS) is 20.6. The van der Waals surface area contributed by atoms with Gasteiger partial charge < -0.3 is 45.1 Å². The standard InChI is InChI=1S/C58H97NO10/c1-4-7-10-13-16-19-22-25-27-30-33-36-39-42-45-51(62)57(66)59-49(50(61)44-41-38-35-32-29-24-21-18-15-12-9-6-3)48-67-58-56(55(65)54(64)52(47-60)68-58)69-53(63)46-43-40-37-34-31-28-26-23-20-17-14-11-8-5-2/h7-8,10-11,13,16-17,19-20,22,25,27,30,33,41,44,49-52,54-56,58,60-62,64-65H,4-6,9,12,14-15,18,21,23-24,26,28-29,31-32,34-40,42-43,45-48H2,1-3H3,(H,59,66)/b10-7+,11-8+,16-13+,20-17+,22-19-,27-25-,33-30+,44-41+. The van der Waals surface area contributed by atoms with E-state index in [0.717, 1.165) is 96.3 Å². The molecule has 11 heteroatoms. The summed E-state index contributed by atoms with van der Waals surface area (Å²) in [4.78, 5) is 26.4. The fourth-order valence-corrected chi connectivity index (χ4v) is 7.83. The summed E-state index contributed by atoms with van der Waals surface area (Å²) in [7, 11) is 0. The van der Waals surface area contributed by atoms with E-state index in [4.69, 9.17) is 14.2 Å². The molecule has 0 spiro atoms. The van der Waals surface area contributed by atoms with Gasteiger partial charge in [-0.05, 0) is 70.6 Å². The molecule has 0 saturated carbocycles. The second kappa shape index (κ2) is 45.7. The van der Waals surface area contributed by atoms with Gasteiger partial charge in [0.05, 0.1) is 25.4 Å². The van der Waals surface area contributed by atoms with Crippen LogP contribution in [0.3, 0.4) is 0 Å². The fourth-order valence-electron chi connectivity index (χ4n) is 7.83. The maximum absolute atomic E-state index is 13.3. The van der Waals surface area contributed by atoms with E-state index in [2.05, 4.69) is 56.5 Å². The second-order valence-corrected chi connectivity index (χ2v) is 18.3. The van der Waals surface area contributed by atoms with E-state index < -0.39 is 67.4 Å². The van der Waals surface area contributed by atoms with Crippen molar-refractivity contribution in [3.63, 3.8) is 0 Å². The average Bonchev–Trinajstić information content (AvgIpc) is 3.34. The van der Waals surface area contributed by atoms with Gasteiger partial charge in [-0.1, -0.05) is 214 Å². The Bertz CT molecular complexity index is 1480. The highest BCUT2D eigenvalue weighted by Crippen LogP contribution is 2.26. The van der Waals surface area contributed by atoms with Gasteiger partial charge in [-0.25, -0.2) is 0 Å². The molecule has 0 aromatic rings. The number of rotatable bonds is 43. The number of aliphatic hydroxyl groups excluding tert-OH is 5. The molecule has 0 aromatic heterocycles. The Morgan fingerprint density at radius 2 is 1.12 bits per heavy atom. The van der Waals surface area contributed by atoms with Crippen LogP contribution in [0.15, 0.2) is 97.2 Å². The van der Waals surface area contributed by atoms with Crippen LogP contribution in [0.1, 0.15) is 194 Å². The highest BCUT2D eigenvalue weighted by molar-refractivity contribution is 5.80. The molecule has 69 heavy (non-hydrogen) atoms. The van der Waals surface area contributed by atoms with E-state index in [-0.39, 0.29) is 19.4 Å². The molecule has 1 rings (SSSR count). The fraction of sp³-hybridized carbons (Fsp3) is 0.690. The van der Waals surface area contributed by atoms with Gasteiger partial charge in [0.25, 0.3) is 0 Å². The monoisotopic (exact) mass is 968 g/mol. The molecule has 11 nitrogen and oxygen atoms in total. The molecule has 0 bridgehead atoms. The maximum Gasteiger partial charge on any atom is 0.306 e. The summed E-state index contributed by atoms with van der Waals surface area (Å²) in [5, 5.41) is 56.6. The highest BCUT2D eigenvalue weighted by atomic mass is 16.7. The number of amides is 1. The van der Waals surface area contributed by atoms with Crippen molar-refractivity contribution in [1.82, 2.24) is 5.32 Å². The zero-order chi connectivity index (χ0) is 50.4. The molecule has 394 valence electrons. The Hall–Kier alpha value is -3.42. The number of hydrogen-bond acceptors (Lipinski definition) is 10. The second-order valence-electron chi connectivity index (χ2n) is 18.3. The lowest BCUT2D eigenvalue weighted by Gasteiger charge is -2.41. The lowest BCUT2D eigenvalue weighted by Crippen LogP contribution is -2.61. The summed E-state index contributed by atoms with van der Waals surface area (Å²) < 4.78 is 17.5. The quantitative estimate of drug-likeness (QED) is 0.0149. The molecule has 1 aliphatic heterocycles. The van der Waals surface area contributed by atoms with E-state index in [1.54, 1.807) is 6.08 Å². The lowest BCUT2D eigenvalue weighted by molar-refractivity contribution is -0.305. The number of unbranched alkanes of at least 4 members (excludes halogenated alkanes) is 19. The Morgan fingerprint density at radius 1 is 0.594 bits per heavy atom. The van der Waals surface area contributed by atoms with Gasteiger partial charge in [-0.15, -0.1) is 0 Å². The van der Waals surface area contributed by atoms with Gasteiger partial charge in [-0.3, -0.25) is 9.59 Å². The van der Waals surface area contributed by atoms with E-state index in [9.17, 15) is 35.1 Å². The number of nitrogens with one attached hydrogen (secondary N) is 1. The van der Waals surface area contributed by atoms with Gasteiger partial charge in [0.15, 0.2) is 12.4 Å². The first-order valence-corrected chi connectivity index (χ1v) is 27.1. The first-order chi connectivity index (χ1) is 33.7. The van der Waals surface area contributed by atoms with Crippen molar-refractivity contribution in [2.45, 2.75) is 243 Å². The van der Waals surface area contributed by atoms with Crippen LogP contribution in [0.4, 0.5) is 0 Å². The Labute approximate surface area is 418 Å². The van der Waals surface area contributed by atoms with Crippen molar-refractivity contribution >= 4 is 11.9 Å². The van der Waals surface area contributed by atoms with Gasteiger partial charge in [-0.2, -0.15) is 0 Å². The molecule has 1 saturated heterocycles. The largest absolute Gasteiger partial charge is 0.454 e. The molecule has 8 atom stereocenters. The van der Waals surface area contributed by atoms with Gasteiger partial charge >= 0.3 is 5.97 Å². The molecule has 6 N–H and O–H groups in total. The summed E-state index contributed by atoms with van der Waals surface area (Å²) in [6, 6.07) is -1.05. The van der Waals surface area contributed by atoms with Gasteiger partial charge in [0.1, 0.15) is 24.4 Å². The highest BCUT2D eigenvalue weighted by Gasteiger charge is 2.47. The molecule has 1 amide bonds. The zero-order valence-electron chi connectivity index (χ0n) is 43.1. The smallest absolute Gasteiger partial charge is 0.306 e. The third-order valence-electron chi connectivity index (χ3n) is 12.1. The van der Waals surface area contributed by atoms with E-state index >= 15 is 0 Å². The number of allylic oxidation sites excluding steroid dienone is 15. The maximum atomic E-state index is 13.3. The zero-order valence-corrected chi connectivity index (χ0v) is 43.1. The molecule has 0 aromatic carbocycles. The lowest BCUT2D eigenvalue weighted by atomic mass is 9.99. The minimum absolute atomic E-state index is 0.104. The van der Waals surface area contributed by atoms with Crippen LogP contribution in [0.2, 0.25) is 0 Å². The predicted molar refractivity (Wildman–Crippen MR) is 282 cm³/mol. The van der Waals surface area contributed by atoms with Crippen LogP contribution in [0.5, 0.6) is 0 Å². The van der Waals surface area contributed by atoms with Crippen LogP contribution < -0.4 is 5.32 Å². The molecule has 8 unspecified atom stereocenters. The van der Waals surface area contributed by atoms with Gasteiger partial charge in [0, 0.05) is 6.42 Å². The van der Waals surface area contributed by atoms with Crippen molar-refractivity contribution in [2.24, 2.45) is 0 Å². The number of aliphatic hydroxyl groups is 5. The van der Waals surface area contributed by atoms with Crippen molar-refractivity contribution in [3.05, 3.63) is 97.2 Å². The number of carbonyl (C=O) groups excluding carboxylic acids is 2. The van der Waals surface area contributed by atoms with E-state index in [1.165, 1.54) is 51.4 Å². The van der Waals surface area contributed by atoms with Crippen molar-refractivity contribution in [3.8, 4) is 0 Å². The molecule has 0 aliphatic carbocycles. The number of hydrogen-bond donors (Lipinski definition) is 6. The predicted octanol–water partition coefficient (Wildman–Crippen LogP) is 11.6. The van der Waals surface area contributed by atoms with Crippen LogP contribution in [0.25, 0.3) is 0 Å². The van der Waals surface area contributed by atoms with Crippen molar-refractivity contribution < 1.29 is 49.3 Å². The topological polar surface area (TPSA) is 175 Å². The molecular weight excluding hydrogens is 871 g/mol. The van der Waals surface area contributed by atoms with Gasteiger partial charge in [0.2, 0.25) is 5.91 Å². The summed E-state index contributed by atoms with van der Waals surface area (Å²) >= 11 is 0. The third-order valence-corrected chi connectivity index (χ3v) is 12.1. The van der Waals surface area contributed by atoms with Crippen LogP contribution in [0, 0.1) is 0 Å². The molecular formula is C58H97NO10. The van der Waals surface area contributed by atoms with E-state index in [0.29, 0.717) is 12.8 Å². The molecule has 1 heterocycles.